The number of thiol groups is 4. The largest absolute Gasteiger partial charge is 0.467 e. The monoisotopic (exact) mass is 388 g/mol. The molecule has 0 fully saturated rings. The predicted octanol–water partition coefficient (Wildman–Crippen LogP) is 6.26. The van der Waals surface area contributed by atoms with Crippen molar-refractivity contribution in [1.29, 1.82) is 0 Å². The summed E-state index contributed by atoms with van der Waals surface area (Å²) < 4.78 is 11.2. The Morgan fingerprint density at radius 1 is 0.913 bits per heavy atom. The van der Waals surface area contributed by atoms with E-state index in [2.05, 4.69) is 78.2 Å². The quantitative estimate of drug-likeness (QED) is 0.440. The highest BCUT2D eigenvalue weighted by molar-refractivity contribution is 7.83. The van der Waals surface area contributed by atoms with Crippen molar-refractivity contribution in [1.82, 2.24) is 0 Å². The third-order valence-corrected chi connectivity index (χ3v) is 5.65. The highest BCUT2D eigenvalue weighted by atomic mass is 32.1. The van der Waals surface area contributed by atoms with Gasteiger partial charge in [-0.3, -0.25) is 0 Å². The lowest BCUT2D eigenvalue weighted by Crippen LogP contribution is -2.26. The molecule has 0 unspecified atom stereocenters. The van der Waals surface area contributed by atoms with Gasteiger partial charge in [0.15, 0.2) is 5.09 Å². The first-order chi connectivity index (χ1) is 10.5. The van der Waals surface area contributed by atoms with E-state index in [0.717, 1.165) is 45.5 Å². The zero-order chi connectivity index (χ0) is 17.4. The molecule has 2 aromatic rings. The van der Waals surface area contributed by atoms with Gasteiger partial charge >= 0.3 is 0 Å². The topological polar surface area (TPSA) is 26.3 Å². The Labute approximate surface area is 160 Å². The molecule has 2 rings (SSSR count). The van der Waals surface area contributed by atoms with E-state index in [4.69, 9.17) is 8.83 Å². The van der Waals surface area contributed by atoms with Crippen molar-refractivity contribution in [3.8, 4) is 0 Å². The van der Waals surface area contributed by atoms with Gasteiger partial charge in [-0.25, -0.2) is 0 Å². The third-order valence-electron chi connectivity index (χ3n) is 3.81. The van der Waals surface area contributed by atoms with E-state index < -0.39 is 0 Å². The molecule has 6 heteroatoms. The normalized spacial score (nSPS) is 12.9. The lowest BCUT2D eigenvalue weighted by Gasteiger charge is -2.34. The van der Waals surface area contributed by atoms with Crippen LogP contribution in [-0.4, -0.2) is 0 Å². The molecule has 0 radical (unpaired) electrons. The van der Waals surface area contributed by atoms with Crippen molar-refractivity contribution in [3.63, 3.8) is 0 Å². The molecular weight excluding hydrogens is 364 g/mol. The van der Waals surface area contributed by atoms with Gasteiger partial charge in [0, 0.05) is 12.8 Å². The van der Waals surface area contributed by atoms with Crippen molar-refractivity contribution < 1.29 is 8.83 Å². The number of furan rings is 2. The number of rotatable bonds is 6. The van der Waals surface area contributed by atoms with Crippen molar-refractivity contribution in [2.45, 2.75) is 66.7 Å². The van der Waals surface area contributed by atoms with Crippen LogP contribution < -0.4 is 0 Å². The minimum Gasteiger partial charge on any atom is -0.467 e. The van der Waals surface area contributed by atoms with Gasteiger partial charge in [-0.1, -0.05) is 27.7 Å². The van der Waals surface area contributed by atoms with Crippen molar-refractivity contribution in [2.75, 3.05) is 0 Å². The summed E-state index contributed by atoms with van der Waals surface area (Å²) in [6.45, 7) is 9.00. The van der Waals surface area contributed by atoms with Crippen molar-refractivity contribution in [2.24, 2.45) is 10.8 Å². The van der Waals surface area contributed by atoms with Crippen molar-refractivity contribution >= 4 is 50.5 Å². The van der Waals surface area contributed by atoms with Crippen LogP contribution in [0.2, 0.25) is 0 Å². The second-order valence-electron chi connectivity index (χ2n) is 7.65. The summed E-state index contributed by atoms with van der Waals surface area (Å²) in [4.78, 5) is 2.41. The minimum absolute atomic E-state index is 0.0687. The van der Waals surface area contributed by atoms with Crippen LogP contribution >= 0.6 is 50.5 Å². The van der Waals surface area contributed by atoms with E-state index in [-0.39, 0.29) is 10.8 Å². The first kappa shape index (κ1) is 19.3. The Morgan fingerprint density at radius 2 is 1.52 bits per heavy atom. The maximum Gasteiger partial charge on any atom is 0.170 e. The fraction of sp³-hybridized carbons (Fsp3) is 0.529. The maximum atomic E-state index is 5.65. The van der Waals surface area contributed by atoms with Gasteiger partial charge in [-0.15, -0.1) is 50.5 Å². The SMILES string of the molecule is CC(C)(Cc1cc(S)c(S)o1)CC(C)(C)Cc1occ(S)c1S. The molecule has 0 atom stereocenters. The highest BCUT2D eigenvalue weighted by Crippen LogP contribution is 2.41. The molecule has 0 saturated heterocycles. The molecule has 2 nitrogen and oxygen atoms in total. The fourth-order valence-corrected chi connectivity index (χ4v) is 4.07. The molecule has 0 aliphatic carbocycles. The van der Waals surface area contributed by atoms with Crippen LogP contribution in [0, 0.1) is 10.8 Å². The third kappa shape index (κ3) is 5.21. The number of hydrogen-bond donors (Lipinski definition) is 4. The molecule has 2 aromatic heterocycles. The zero-order valence-corrected chi connectivity index (χ0v) is 17.5. The van der Waals surface area contributed by atoms with E-state index in [0.29, 0.717) is 5.09 Å². The second kappa shape index (κ2) is 7.06. The van der Waals surface area contributed by atoms with Gasteiger partial charge in [-0.05, 0) is 23.3 Å². The molecule has 23 heavy (non-hydrogen) atoms. The summed E-state index contributed by atoms with van der Waals surface area (Å²) in [5.74, 6) is 1.82. The average molecular weight is 389 g/mol. The summed E-state index contributed by atoms with van der Waals surface area (Å²) in [7, 11) is 0. The molecule has 0 aliphatic heterocycles. The Kier molecular flexibility index (Phi) is 5.92. The van der Waals surface area contributed by atoms with E-state index in [1.54, 1.807) is 6.26 Å². The molecular formula is C17H24O2S4. The van der Waals surface area contributed by atoms with Gasteiger partial charge < -0.3 is 8.83 Å². The molecule has 128 valence electrons. The fourth-order valence-electron chi connectivity index (χ4n) is 3.34. The van der Waals surface area contributed by atoms with Crippen molar-refractivity contribution in [3.05, 3.63) is 23.9 Å². The molecule has 0 saturated carbocycles. The van der Waals surface area contributed by atoms with Crippen LogP contribution in [0.5, 0.6) is 0 Å². The molecule has 0 aliphatic rings. The first-order valence-electron chi connectivity index (χ1n) is 7.48. The van der Waals surface area contributed by atoms with E-state index in [1.165, 1.54) is 0 Å². The smallest absolute Gasteiger partial charge is 0.170 e. The van der Waals surface area contributed by atoms with Gasteiger partial charge in [0.2, 0.25) is 0 Å². The Balaban J connectivity index is 2.06. The molecule has 0 spiro atoms. The lowest BCUT2D eigenvalue weighted by molar-refractivity contribution is 0.174. The van der Waals surface area contributed by atoms with Crippen LogP contribution in [0.15, 0.2) is 40.9 Å². The second-order valence-corrected chi connectivity index (χ2v) is 9.47. The molecule has 0 N–H and O–H groups in total. The first-order valence-corrected chi connectivity index (χ1v) is 9.27. The van der Waals surface area contributed by atoms with Gasteiger partial charge in [-0.2, -0.15) is 0 Å². The Hall–Kier alpha value is -0.0400. The van der Waals surface area contributed by atoms with Gasteiger partial charge in [0.05, 0.1) is 14.7 Å². The van der Waals surface area contributed by atoms with E-state index in [1.807, 2.05) is 6.07 Å². The average Bonchev–Trinajstić information content (AvgIpc) is 2.83. The van der Waals surface area contributed by atoms with Crippen LogP contribution in [0.4, 0.5) is 0 Å². The summed E-state index contributed by atoms with van der Waals surface area (Å²) in [6, 6.07) is 1.95. The Morgan fingerprint density at radius 3 is 2.00 bits per heavy atom. The minimum atomic E-state index is 0.0687. The zero-order valence-electron chi connectivity index (χ0n) is 13.9. The molecule has 0 amide bonds. The predicted molar refractivity (Wildman–Crippen MR) is 106 cm³/mol. The number of hydrogen-bond acceptors (Lipinski definition) is 6. The van der Waals surface area contributed by atoms with Gasteiger partial charge in [0.1, 0.15) is 17.8 Å². The van der Waals surface area contributed by atoms with E-state index in [9.17, 15) is 0 Å². The Bertz CT molecular complexity index is 663. The van der Waals surface area contributed by atoms with Gasteiger partial charge in [0.25, 0.3) is 0 Å². The summed E-state index contributed by atoms with van der Waals surface area (Å²) >= 11 is 17.4. The van der Waals surface area contributed by atoms with E-state index >= 15 is 0 Å². The molecule has 0 bridgehead atoms. The standard InChI is InChI=1S/C17H24O2S4/c1-16(2,6-10-5-12(20)15(23)19-10)9-17(3,4)7-11-14(22)13(21)8-18-11/h5,8,20-23H,6-7,9H2,1-4H3. The lowest BCUT2D eigenvalue weighted by atomic mass is 9.71. The van der Waals surface area contributed by atoms with Crippen LogP contribution in [-0.2, 0) is 12.8 Å². The summed E-state index contributed by atoms with van der Waals surface area (Å²) in [5.41, 5.74) is 0.147. The maximum absolute atomic E-state index is 5.65. The van der Waals surface area contributed by atoms with Crippen LogP contribution in [0.1, 0.15) is 45.6 Å². The van der Waals surface area contributed by atoms with Crippen LogP contribution in [0.25, 0.3) is 0 Å². The molecule has 2 heterocycles. The van der Waals surface area contributed by atoms with Crippen LogP contribution in [0.3, 0.4) is 0 Å². The summed E-state index contributed by atoms with van der Waals surface area (Å²) in [6.07, 6.45) is 4.32. The highest BCUT2D eigenvalue weighted by Gasteiger charge is 2.31. The molecule has 0 aromatic carbocycles. The summed E-state index contributed by atoms with van der Waals surface area (Å²) in [5, 5.41) is 0.579.